The van der Waals surface area contributed by atoms with Gasteiger partial charge in [0, 0.05) is 4.70 Å². The van der Waals surface area contributed by atoms with Crippen molar-refractivity contribution in [2.45, 2.75) is 33.2 Å². The van der Waals surface area contributed by atoms with Crippen LogP contribution in [0.25, 0.3) is 15.8 Å². The zero-order chi connectivity index (χ0) is 14.8. The molecule has 3 aromatic rings. The molecule has 5 heteroatoms. The Bertz CT molecular complexity index is 744. The van der Waals surface area contributed by atoms with Crippen LogP contribution in [-0.2, 0) is 0 Å². The number of hydrogen-bond donors (Lipinski definition) is 1. The molecule has 0 bridgehead atoms. The van der Waals surface area contributed by atoms with Gasteiger partial charge < -0.3 is 5.32 Å². The first kappa shape index (κ1) is 14.2. The number of rotatable bonds is 5. The molecular weight excluding hydrogens is 280 g/mol. The van der Waals surface area contributed by atoms with E-state index in [4.69, 9.17) is 0 Å². The Hall–Kier alpha value is -1.72. The first-order valence-corrected chi connectivity index (χ1v) is 8.22. The molecule has 0 saturated carbocycles. The molecule has 0 aliphatic heterocycles. The van der Waals surface area contributed by atoms with Crippen LogP contribution in [0.2, 0.25) is 0 Å². The van der Waals surface area contributed by atoms with E-state index in [-0.39, 0.29) is 6.04 Å². The average molecular weight is 300 g/mol. The van der Waals surface area contributed by atoms with Gasteiger partial charge in [0.25, 0.3) is 0 Å². The van der Waals surface area contributed by atoms with Crippen LogP contribution in [0.4, 0.5) is 0 Å². The van der Waals surface area contributed by atoms with E-state index in [2.05, 4.69) is 66.0 Å². The molecule has 3 rings (SSSR count). The zero-order valence-electron chi connectivity index (χ0n) is 12.6. The summed E-state index contributed by atoms with van der Waals surface area (Å²) >= 11 is 1.76. The Morgan fingerprint density at radius 1 is 1.33 bits per heavy atom. The van der Waals surface area contributed by atoms with Gasteiger partial charge in [0.15, 0.2) is 0 Å². The Labute approximate surface area is 128 Å². The molecule has 1 atom stereocenters. The number of fused-ring (bicyclic) bond motifs is 1. The fourth-order valence-electron chi connectivity index (χ4n) is 2.53. The summed E-state index contributed by atoms with van der Waals surface area (Å²) in [4.78, 5) is 0. The van der Waals surface area contributed by atoms with E-state index >= 15 is 0 Å². The van der Waals surface area contributed by atoms with E-state index in [1.165, 1.54) is 10.1 Å². The van der Waals surface area contributed by atoms with Crippen LogP contribution in [0.1, 0.15) is 37.7 Å². The predicted molar refractivity (Wildman–Crippen MR) is 88.2 cm³/mol. The molecule has 1 unspecified atom stereocenters. The van der Waals surface area contributed by atoms with Gasteiger partial charge in [0.1, 0.15) is 5.69 Å². The Morgan fingerprint density at radius 2 is 2.19 bits per heavy atom. The number of thiophene rings is 1. The Kier molecular flexibility index (Phi) is 4.03. The van der Waals surface area contributed by atoms with E-state index in [0.717, 1.165) is 30.0 Å². The van der Waals surface area contributed by atoms with Crippen LogP contribution >= 0.6 is 11.3 Å². The quantitative estimate of drug-likeness (QED) is 0.778. The SMILES string of the molecule is CCCNC(C)c1nnn(-c2ccc3sccc3c2)c1C. The predicted octanol–water partition coefficient (Wildman–Crippen LogP) is 3.85. The molecule has 110 valence electrons. The standard InChI is InChI=1S/C16H20N4S/c1-4-8-17-11(2)16-12(3)20(19-18-16)14-5-6-15-13(10-14)7-9-21-15/h5-7,9-11,17H,4,8H2,1-3H3. The highest BCUT2D eigenvalue weighted by molar-refractivity contribution is 7.17. The maximum absolute atomic E-state index is 4.37. The highest BCUT2D eigenvalue weighted by Crippen LogP contribution is 2.25. The van der Waals surface area contributed by atoms with Gasteiger partial charge in [-0.1, -0.05) is 12.1 Å². The van der Waals surface area contributed by atoms with E-state index in [9.17, 15) is 0 Å². The topological polar surface area (TPSA) is 42.7 Å². The van der Waals surface area contributed by atoms with E-state index in [1.54, 1.807) is 11.3 Å². The summed E-state index contributed by atoms with van der Waals surface area (Å²) in [5, 5.41) is 15.5. The third-order valence-electron chi connectivity index (χ3n) is 3.72. The number of aromatic nitrogens is 3. The summed E-state index contributed by atoms with van der Waals surface area (Å²) in [5.74, 6) is 0. The van der Waals surface area contributed by atoms with Crippen molar-refractivity contribution in [3.63, 3.8) is 0 Å². The second-order valence-electron chi connectivity index (χ2n) is 5.29. The second kappa shape index (κ2) is 5.95. The van der Waals surface area contributed by atoms with E-state index < -0.39 is 0 Å². The minimum absolute atomic E-state index is 0.226. The lowest BCUT2D eigenvalue weighted by atomic mass is 10.2. The lowest BCUT2D eigenvalue weighted by molar-refractivity contribution is 0.555. The summed E-state index contributed by atoms with van der Waals surface area (Å²) in [6, 6.07) is 8.79. The third-order valence-corrected chi connectivity index (χ3v) is 4.62. The Morgan fingerprint density at radius 3 is 3.00 bits per heavy atom. The van der Waals surface area contributed by atoms with E-state index in [1.807, 2.05) is 4.68 Å². The van der Waals surface area contributed by atoms with Gasteiger partial charge >= 0.3 is 0 Å². The third kappa shape index (κ3) is 2.71. The summed E-state index contributed by atoms with van der Waals surface area (Å²) in [6.45, 7) is 7.38. The van der Waals surface area contributed by atoms with Crippen molar-refractivity contribution in [1.82, 2.24) is 20.3 Å². The maximum atomic E-state index is 4.37. The van der Waals surface area contributed by atoms with Crippen LogP contribution in [0, 0.1) is 6.92 Å². The largest absolute Gasteiger partial charge is 0.309 e. The lowest BCUT2D eigenvalue weighted by Crippen LogP contribution is -2.20. The molecule has 0 amide bonds. The molecule has 0 aliphatic carbocycles. The molecular formula is C16H20N4S. The summed E-state index contributed by atoms with van der Waals surface area (Å²) in [5.41, 5.74) is 3.19. The molecule has 0 radical (unpaired) electrons. The summed E-state index contributed by atoms with van der Waals surface area (Å²) in [6.07, 6.45) is 1.12. The first-order valence-electron chi connectivity index (χ1n) is 7.34. The highest BCUT2D eigenvalue weighted by Gasteiger charge is 2.15. The molecule has 2 heterocycles. The Balaban J connectivity index is 1.93. The minimum atomic E-state index is 0.226. The summed E-state index contributed by atoms with van der Waals surface area (Å²) in [7, 11) is 0. The average Bonchev–Trinajstić information content (AvgIpc) is 3.10. The van der Waals surface area contributed by atoms with Crippen LogP contribution in [-0.4, -0.2) is 21.5 Å². The first-order chi connectivity index (χ1) is 10.2. The monoisotopic (exact) mass is 300 g/mol. The summed E-state index contributed by atoms with van der Waals surface area (Å²) < 4.78 is 3.23. The molecule has 0 fully saturated rings. The maximum Gasteiger partial charge on any atom is 0.103 e. The lowest BCUT2D eigenvalue weighted by Gasteiger charge is -2.11. The van der Waals surface area contributed by atoms with Gasteiger partial charge in [0.2, 0.25) is 0 Å². The molecule has 0 aliphatic rings. The van der Waals surface area contributed by atoms with Crippen molar-refractivity contribution in [2.24, 2.45) is 0 Å². The molecule has 2 aromatic heterocycles. The van der Waals surface area contributed by atoms with Gasteiger partial charge in [0.05, 0.1) is 17.4 Å². The van der Waals surface area contributed by atoms with Crippen LogP contribution in [0.5, 0.6) is 0 Å². The molecule has 1 N–H and O–H groups in total. The van der Waals surface area contributed by atoms with Crippen molar-refractivity contribution in [1.29, 1.82) is 0 Å². The number of nitrogens with one attached hydrogen (secondary N) is 1. The van der Waals surface area contributed by atoms with Crippen molar-refractivity contribution in [3.8, 4) is 5.69 Å². The molecule has 0 saturated heterocycles. The second-order valence-corrected chi connectivity index (χ2v) is 6.24. The van der Waals surface area contributed by atoms with Gasteiger partial charge in [-0.3, -0.25) is 0 Å². The van der Waals surface area contributed by atoms with Crippen molar-refractivity contribution in [3.05, 3.63) is 41.0 Å². The van der Waals surface area contributed by atoms with Crippen LogP contribution < -0.4 is 5.32 Å². The van der Waals surface area contributed by atoms with Gasteiger partial charge in [-0.25, -0.2) is 4.68 Å². The molecule has 1 aromatic carbocycles. The fourth-order valence-corrected chi connectivity index (χ4v) is 3.30. The van der Waals surface area contributed by atoms with Crippen LogP contribution in [0.15, 0.2) is 29.6 Å². The van der Waals surface area contributed by atoms with Crippen molar-refractivity contribution in [2.75, 3.05) is 6.54 Å². The van der Waals surface area contributed by atoms with Gasteiger partial charge in [-0.05, 0) is 61.8 Å². The van der Waals surface area contributed by atoms with Crippen molar-refractivity contribution < 1.29 is 0 Å². The number of benzene rings is 1. The van der Waals surface area contributed by atoms with Gasteiger partial charge in [-0.15, -0.1) is 16.4 Å². The molecule has 0 spiro atoms. The van der Waals surface area contributed by atoms with Crippen LogP contribution in [0.3, 0.4) is 0 Å². The van der Waals surface area contributed by atoms with Gasteiger partial charge in [-0.2, -0.15) is 0 Å². The fraction of sp³-hybridized carbons (Fsp3) is 0.375. The highest BCUT2D eigenvalue weighted by atomic mass is 32.1. The van der Waals surface area contributed by atoms with E-state index in [0.29, 0.717) is 0 Å². The smallest absolute Gasteiger partial charge is 0.103 e. The minimum Gasteiger partial charge on any atom is -0.309 e. The molecule has 4 nitrogen and oxygen atoms in total. The zero-order valence-corrected chi connectivity index (χ0v) is 13.4. The number of hydrogen-bond acceptors (Lipinski definition) is 4. The number of nitrogens with zero attached hydrogens (tertiary/aromatic N) is 3. The van der Waals surface area contributed by atoms with Crippen molar-refractivity contribution >= 4 is 21.4 Å². The molecule has 21 heavy (non-hydrogen) atoms. The normalized spacial score (nSPS) is 12.9.